The number of hydrogen-bond acceptors (Lipinski definition) is 8. The van der Waals surface area contributed by atoms with Crippen molar-refractivity contribution in [3.8, 4) is 52.1 Å². The maximum atomic E-state index is 9.75. The number of benzene rings is 4. The normalized spacial score (nSPS) is 19.8. The number of fused-ring (bicyclic) bond motifs is 2. The molecule has 0 saturated carbocycles. The molecule has 0 fully saturated rings. The van der Waals surface area contributed by atoms with Crippen molar-refractivity contribution >= 4 is 0 Å². The molecule has 4 aromatic carbocycles. The van der Waals surface area contributed by atoms with Gasteiger partial charge in [-0.3, -0.25) is 9.80 Å². The highest BCUT2D eigenvalue weighted by Gasteiger charge is 2.37. The third-order valence-electron chi connectivity index (χ3n) is 9.75. The molecule has 0 spiro atoms. The maximum absolute atomic E-state index is 9.75. The van der Waals surface area contributed by atoms with E-state index in [9.17, 15) is 5.26 Å². The minimum Gasteiger partial charge on any atom is -0.493 e. The number of rotatable bonds is 3. The second-order valence-corrected chi connectivity index (χ2v) is 12.3. The number of methoxy groups -OCH3 is 2. The first-order chi connectivity index (χ1) is 22.0. The van der Waals surface area contributed by atoms with Crippen molar-refractivity contribution in [2.45, 2.75) is 37.8 Å². The Bertz CT molecular complexity index is 1850. The lowest BCUT2D eigenvalue weighted by atomic mass is 9.86. The molecule has 2 atom stereocenters. The highest BCUT2D eigenvalue weighted by Crippen LogP contribution is 2.56. The van der Waals surface area contributed by atoms with Crippen molar-refractivity contribution in [1.29, 1.82) is 5.26 Å². The molecule has 5 heterocycles. The smallest absolute Gasteiger partial charge is 0.212 e. The maximum Gasteiger partial charge on any atom is 0.212 e. The van der Waals surface area contributed by atoms with Gasteiger partial charge >= 0.3 is 0 Å². The monoisotopic (exact) mass is 601 g/mol. The summed E-state index contributed by atoms with van der Waals surface area (Å²) >= 11 is 0. The summed E-state index contributed by atoms with van der Waals surface area (Å²) in [5.41, 5.74) is 7.01. The predicted molar refractivity (Wildman–Crippen MR) is 169 cm³/mol. The van der Waals surface area contributed by atoms with E-state index < -0.39 is 0 Å². The number of nitriles is 1. The molecule has 9 rings (SSSR count). The van der Waals surface area contributed by atoms with Crippen LogP contribution >= 0.6 is 0 Å². The van der Waals surface area contributed by atoms with Gasteiger partial charge < -0.3 is 23.7 Å². The van der Waals surface area contributed by atoms with Gasteiger partial charge in [-0.2, -0.15) is 5.26 Å². The van der Waals surface area contributed by atoms with Crippen LogP contribution in [0.2, 0.25) is 0 Å². The largest absolute Gasteiger partial charge is 0.493 e. The Balaban J connectivity index is 1.33. The van der Waals surface area contributed by atoms with E-state index in [4.69, 9.17) is 23.7 Å². The Morgan fingerprint density at radius 1 is 0.756 bits per heavy atom. The number of nitrogens with zero attached hydrogens (tertiary/aromatic N) is 3. The van der Waals surface area contributed by atoms with Crippen LogP contribution in [-0.4, -0.2) is 50.7 Å². The van der Waals surface area contributed by atoms with E-state index in [2.05, 4.69) is 65.4 Å². The third-order valence-corrected chi connectivity index (χ3v) is 9.75. The van der Waals surface area contributed by atoms with Crippen LogP contribution in [0.25, 0.3) is 0 Å². The summed E-state index contributed by atoms with van der Waals surface area (Å²) in [5.74, 6) is 5.52. The first kappa shape index (κ1) is 27.8. The Morgan fingerprint density at radius 2 is 1.49 bits per heavy atom. The van der Waals surface area contributed by atoms with Gasteiger partial charge in [0.15, 0.2) is 34.5 Å². The van der Waals surface area contributed by atoms with E-state index in [1.807, 2.05) is 18.2 Å². The van der Waals surface area contributed by atoms with E-state index in [0.717, 1.165) is 60.5 Å². The average molecular weight is 602 g/mol. The number of ether oxygens (including phenoxy) is 5. The predicted octanol–water partition coefficient (Wildman–Crippen LogP) is 7.14. The molecule has 5 aliphatic heterocycles. The van der Waals surface area contributed by atoms with Crippen molar-refractivity contribution in [3.63, 3.8) is 0 Å². The fraction of sp³-hybridized carbons (Fsp3) is 0.324. The highest BCUT2D eigenvalue weighted by molar-refractivity contribution is 5.67. The van der Waals surface area contributed by atoms with Crippen molar-refractivity contribution in [2.24, 2.45) is 0 Å². The molecule has 0 N–H and O–H groups in total. The summed E-state index contributed by atoms with van der Waals surface area (Å²) < 4.78 is 31.5. The summed E-state index contributed by atoms with van der Waals surface area (Å²) in [6.07, 6.45) is 3.20. The van der Waals surface area contributed by atoms with Gasteiger partial charge in [0.2, 0.25) is 5.75 Å². The molecule has 0 saturated heterocycles. The van der Waals surface area contributed by atoms with E-state index in [-0.39, 0.29) is 12.1 Å². The van der Waals surface area contributed by atoms with Gasteiger partial charge in [-0.1, -0.05) is 18.2 Å². The second kappa shape index (κ2) is 11.0. The molecule has 45 heavy (non-hydrogen) atoms. The van der Waals surface area contributed by atoms with Gasteiger partial charge in [-0.25, -0.2) is 0 Å². The Kier molecular flexibility index (Phi) is 6.81. The first-order valence-electron chi connectivity index (χ1n) is 15.5. The van der Waals surface area contributed by atoms with Crippen molar-refractivity contribution in [3.05, 3.63) is 94.0 Å². The number of likely N-dealkylation sites (N-methyl/N-ethyl adjacent to an activating group) is 1. The minimum absolute atomic E-state index is 0.0267. The topological polar surface area (TPSA) is 76.4 Å². The van der Waals surface area contributed by atoms with Gasteiger partial charge in [0, 0.05) is 30.7 Å². The van der Waals surface area contributed by atoms with Gasteiger partial charge in [-0.05, 0) is 103 Å². The second-order valence-electron chi connectivity index (χ2n) is 12.3. The Morgan fingerprint density at radius 3 is 2.29 bits per heavy atom. The number of hydrogen-bond donors (Lipinski definition) is 0. The van der Waals surface area contributed by atoms with Crippen molar-refractivity contribution < 1.29 is 23.7 Å². The minimum atomic E-state index is -0.0267. The highest BCUT2D eigenvalue weighted by atomic mass is 16.6. The first-order valence-corrected chi connectivity index (χ1v) is 15.5. The lowest BCUT2D eigenvalue weighted by Crippen LogP contribution is -2.37. The van der Waals surface area contributed by atoms with Crippen molar-refractivity contribution in [1.82, 2.24) is 9.80 Å². The standard InChI is InChI=1S/C37H35N3O5/c1-39-13-10-25-20-34(42-3)36-37-35(25)29(39)16-22-4-7-26(8-5-22)43-31-18-23(6-9-30(31)41-2)17-28-27-21-33(45-37)32(44-36)19-24(27)11-14-40(28)15-12-38/h4-9,18-21,28-29H,10-11,13-17H2,1-3H3/t28-,29-/m0/s1. The van der Waals surface area contributed by atoms with Crippen LogP contribution in [0.1, 0.15) is 45.5 Å². The Hall–Kier alpha value is -4.71. The third kappa shape index (κ3) is 4.75. The molecule has 8 nitrogen and oxygen atoms in total. The van der Waals surface area contributed by atoms with Gasteiger partial charge in [-0.15, -0.1) is 0 Å². The zero-order chi connectivity index (χ0) is 30.7. The van der Waals surface area contributed by atoms with E-state index >= 15 is 0 Å². The molecule has 0 aromatic heterocycles. The molecule has 4 aromatic rings. The summed E-state index contributed by atoms with van der Waals surface area (Å²) in [6.45, 7) is 2.04. The van der Waals surface area contributed by atoms with Crippen LogP contribution in [0.4, 0.5) is 0 Å². The molecule has 0 unspecified atom stereocenters. The van der Waals surface area contributed by atoms with Crippen molar-refractivity contribution in [2.75, 3.05) is 40.9 Å². The molecular formula is C37H35N3O5. The van der Waals surface area contributed by atoms with E-state index in [1.165, 1.54) is 16.7 Å². The lowest BCUT2D eigenvalue weighted by molar-refractivity contribution is 0.205. The summed E-state index contributed by atoms with van der Waals surface area (Å²) in [6, 6.07) is 23.2. The SMILES string of the molecule is COc1ccc2cc1Oc1ccc(cc1)C[C@H]1c3c(cc(OC)c4c3Oc3cc5c(cc3O4)CCN(CC#N)[C@H]5C2)CCN1C. The molecule has 0 amide bonds. The van der Waals surface area contributed by atoms with Gasteiger partial charge in [0.25, 0.3) is 0 Å². The zero-order valence-corrected chi connectivity index (χ0v) is 25.8. The lowest BCUT2D eigenvalue weighted by Gasteiger charge is -2.39. The summed E-state index contributed by atoms with van der Waals surface area (Å²) in [4.78, 5) is 4.65. The van der Waals surface area contributed by atoms with Gasteiger partial charge in [0.1, 0.15) is 5.75 Å². The van der Waals surface area contributed by atoms with Crippen LogP contribution in [0.5, 0.6) is 46.0 Å². The van der Waals surface area contributed by atoms with E-state index in [1.54, 1.807) is 14.2 Å². The fourth-order valence-electron chi connectivity index (χ4n) is 7.39. The molecule has 7 bridgehead atoms. The van der Waals surface area contributed by atoms with Crippen LogP contribution in [0.15, 0.2) is 60.7 Å². The molecule has 0 aliphatic carbocycles. The molecule has 8 heteroatoms. The molecule has 228 valence electrons. The molecular weight excluding hydrogens is 566 g/mol. The average Bonchev–Trinajstić information content (AvgIpc) is 3.05. The molecule has 0 radical (unpaired) electrons. The van der Waals surface area contributed by atoms with Gasteiger partial charge in [0.05, 0.1) is 26.8 Å². The van der Waals surface area contributed by atoms with Crippen LogP contribution in [0.3, 0.4) is 0 Å². The van der Waals surface area contributed by atoms with Crippen LogP contribution < -0.4 is 23.7 Å². The Labute approximate surface area is 263 Å². The zero-order valence-electron chi connectivity index (χ0n) is 25.8. The summed E-state index contributed by atoms with van der Waals surface area (Å²) in [5, 5.41) is 9.75. The van der Waals surface area contributed by atoms with Crippen LogP contribution in [-0.2, 0) is 25.7 Å². The summed E-state index contributed by atoms with van der Waals surface area (Å²) in [7, 11) is 5.52. The fourth-order valence-corrected chi connectivity index (χ4v) is 7.39. The quantitative estimate of drug-likeness (QED) is 0.202. The van der Waals surface area contributed by atoms with Crippen LogP contribution in [0, 0.1) is 11.3 Å². The van der Waals surface area contributed by atoms with E-state index in [0.29, 0.717) is 47.5 Å². The molecule has 5 aliphatic rings.